The Labute approximate surface area is 90.5 Å². The smallest absolute Gasteiger partial charge is 0.232 e. The van der Waals surface area contributed by atoms with Crippen LogP contribution < -0.4 is 4.72 Å². The van der Waals surface area contributed by atoms with Crippen molar-refractivity contribution >= 4 is 31.6 Å². The summed E-state index contributed by atoms with van der Waals surface area (Å²) in [6, 6.07) is 3.76. The number of hydrogen-bond donors (Lipinski definition) is 1. The monoisotopic (exact) mass is 281 g/mol. The molecule has 0 bridgehead atoms. The van der Waals surface area contributed by atoms with E-state index in [-0.39, 0.29) is 5.75 Å². The molecule has 14 heavy (non-hydrogen) atoms. The van der Waals surface area contributed by atoms with Gasteiger partial charge in [0, 0.05) is 4.47 Å². The fourth-order valence-corrected chi connectivity index (χ4v) is 2.05. The standard InChI is InChI=1S/C8H9BrFNO2S/c1-2-14(12,13)11-8-4-3-6(10)5-7(8)9/h3-5,11H,2H2,1H3. The molecule has 1 aromatic carbocycles. The zero-order valence-corrected chi connectivity index (χ0v) is 9.82. The highest BCUT2D eigenvalue weighted by Crippen LogP contribution is 2.23. The lowest BCUT2D eigenvalue weighted by Crippen LogP contribution is -2.14. The SMILES string of the molecule is CCS(=O)(=O)Nc1ccc(F)cc1Br. The average molecular weight is 282 g/mol. The zero-order valence-electron chi connectivity index (χ0n) is 7.42. The van der Waals surface area contributed by atoms with Gasteiger partial charge in [-0.2, -0.15) is 0 Å². The Morgan fingerprint density at radius 2 is 2.14 bits per heavy atom. The third kappa shape index (κ3) is 2.95. The second-order valence-corrected chi connectivity index (χ2v) is 5.49. The van der Waals surface area contributed by atoms with E-state index in [0.717, 1.165) is 0 Å². The molecular weight excluding hydrogens is 273 g/mol. The van der Waals surface area contributed by atoms with Gasteiger partial charge >= 0.3 is 0 Å². The largest absolute Gasteiger partial charge is 0.282 e. The van der Waals surface area contributed by atoms with Crippen LogP contribution in [0.4, 0.5) is 10.1 Å². The molecule has 1 N–H and O–H groups in total. The fourth-order valence-electron chi connectivity index (χ4n) is 0.812. The van der Waals surface area contributed by atoms with Crippen molar-refractivity contribution in [3.63, 3.8) is 0 Å². The van der Waals surface area contributed by atoms with Gasteiger partial charge in [-0.05, 0) is 41.1 Å². The molecular formula is C8H9BrFNO2S. The van der Waals surface area contributed by atoms with E-state index < -0.39 is 15.8 Å². The van der Waals surface area contributed by atoms with Crippen LogP contribution in [-0.4, -0.2) is 14.2 Å². The Balaban J connectivity index is 2.99. The minimum Gasteiger partial charge on any atom is -0.282 e. The number of nitrogens with one attached hydrogen (secondary N) is 1. The molecule has 0 radical (unpaired) electrons. The Morgan fingerprint density at radius 3 is 2.64 bits per heavy atom. The van der Waals surface area contributed by atoms with Gasteiger partial charge in [-0.15, -0.1) is 0 Å². The molecule has 0 aromatic heterocycles. The van der Waals surface area contributed by atoms with Crippen LogP contribution in [0.25, 0.3) is 0 Å². The maximum atomic E-state index is 12.7. The first-order chi connectivity index (χ1) is 6.44. The quantitative estimate of drug-likeness (QED) is 0.925. The summed E-state index contributed by atoms with van der Waals surface area (Å²) in [5.41, 5.74) is 0.341. The predicted molar refractivity (Wildman–Crippen MR) is 57.2 cm³/mol. The van der Waals surface area contributed by atoms with E-state index in [2.05, 4.69) is 20.7 Å². The van der Waals surface area contributed by atoms with Crippen LogP contribution in [-0.2, 0) is 10.0 Å². The topological polar surface area (TPSA) is 46.2 Å². The maximum Gasteiger partial charge on any atom is 0.232 e. The minimum atomic E-state index is -3.31. The highest BCUT2D eigenvalue weighted by Gasteiger charge is 2.09. The molecule has 0 atom stereocenters. The van der Waals surface area contributed by atoms with E-state index in [0.29, 0.717) is 10.2 Å². The average Bonchev–Trinajstić information content (AvgIpc) is 2.10. The van der Waals surface area contributed by atoms with Crippen molar-refractivity contribution in [2.45, 2.75) is 6.92 Å². The van der Waals surface area contributed by atoms with Gasteiger partial charge in [0.05, 0.1) is 11.4 Å². The maximum absolute atomic E-state index is 12.7. The number of hydrogen-bond acceptors (Lipinski definition) is 2. The first-order valence-electron chi connectivity index (χ1n) is 3.90. The molecule has 0 amide bonds. The third-order valence-corrected chi connectivity index (χ3v) is 3.52. The van der Waals surface area contributed by atoms with Crippen LogP contribution in [0.1, 0.15) is 6.92 Å². The van der Waals surface area contributed by atoms with E-state index >= 15 is 0 Å². The van der Waals surface area contributed by atoms with Gasteiger partial charge < -0.3 is 0 Å². The molecule has 1 rings (SSSR count). The summed E-state index contributed by atoms with van der Waals surface area (Å²) in [5, 5.41) is 0. The van der Waals surface area contributed by atoms with Gasteiger partial charge in [-0.3, -0.25) is 4.72 Å². The van der Waals surface area contributed by atoms with Crippen molar-refractivity contribution in [1.29, 1.82) is 0 Å². The molecule has 0 aliphatic heterocycles. The van der Waals surface area contributed by atoms with Crippen LogP contribution >= 0.6 is 15.9 Å². The molecule has 0 saturated carbocycles. The minimum absolute atomic E-state index is 0.0170. The van der Waals surface area contributed by atoms with Gasteiger partial charge in [0.1, 0.15) is 5.82 Å². The van der Waals surface area contributed by atoms with Gasteiger partial charge in [-0.25, -0.2) is 12.8 Å². The van der Waals surface area contributed by atoms with Crippen molar-refractivity contribution in [2.75, 3.05) is 10.5 Å². The van der Waals surface area contributed by atoms with E-state index in [9.17, 15) is 12.8 Å². The molecule has 3 nitrogen and oxygen atoms in total. The van der Waals surface area contributed by atoms with Gasteiger partial charge in [0.25, 0.3) is 0 Å². The van der Waals surface area contributed by atoms with Gasteiger partial charge in [-0.1, -0.05) is 0 Å². The van der Waals surface area contributed by atoms with E-state index in [1.54, 1.807) is 0 Å². The molecule has 78 valence electrons. The fraction of sp³-hybridized carbons (Fsp3) is 0.250. The number of benzene rings is 1. The van der Waals surface area contributed by atoms with Crippen molar-refractivity contribution < 1.29 is 12.8 Å². The second-order valence-electron chi connectivity index (χ2n) is 2.63. The first kappa shape index (κ1) is 11.5. The predicted octanol–water partition coefficient (Wildman–Crippen LogP) is 2.35. The summed E-state index contributed by atoms with van der Waals surface area (Å²) in [6.07, 6.45) is 0. The van der Waals surface area contributed by atoms with Crippen LogP contribution in [0.5, 0.6) is 0 Å². The summed E-state index contributed by atoms with van der Waals surface area (Å²) in [4.78, 5) is 0. The molecule has 0 saturated heterocycles. The molecule has 6 heteroatoms. The second kappa shape index (κ2) is 4.27. The summed E-state index contributed by atoms with van der Waals surface area (Å²) < 4.78 is 37.7. The Morgan fingerprint density at radius 1 is 1.50 bits per heavy atom. The van der Waals surface area contributed by atoms with Crippen LogP contribution in [0.2, 0.25) is 0 Å². The Hall–Kier alpha value is -0.620. The summed E-state index contributed by atoms with van der Waals surface area (Å²) in [5.74, 6) is -0.437. The van der Waals surface area contributed by atoms with Crippen LogP contribution in [0.15, 0.2) is 22.7 Å². The van der Waals surface area contributed by atoms with Crippen LogP contribution in [0, 0.1) is 5.82 Å². The Bertz CT molecular complexity index is 433. The van der Waals surface area contributed by atoms with E-state index in [4.69, 9.17) is 0 Å². The van der Waals surface area contributed by atoms with Gasteiger partial charge in [0.2, 0.25) is 10.0 Å². The molecule has 1 aromatic rings. The lowest BCUT2D eigenvalue weighted by Gasteiger charge is -2.07. The third-order valence-electron chi connectivity index (χ3n) is 1.58. The van der Waals surface area contributed by atoms with Gasteiger partial charge in [0.15, 0.2) is 0 Å². The lowest BCUT2D eigenvalue weighted by atomic mass is 10.3. The lowest BCUT2D eigenvalue weighted by molar-refractivity contribution is 0.602. The normalized spacial score (nSPS) is 11.4. The van der Waals surface area contributed by atoms with Crippen molar-refractivity contribution in [2.24, 2.45) is 0 Å². The molecule has 0 heterocycles. The van der Waals surface area contributed by atoms with Crippen molar-refractivity contribution in [1.82, 2.24) is 0 Å². The van der Waals surface area contributed by atoms with Crippen molar-refractivity contribution in [3.05, 3.63) is 28.5 Å². The molecule has 0 spiro atoms. The van der Waals surface area contributed by atoms with E-state index in [1.165, 1.54) is 25.1 Å². The summed E-state index contributed by atoms with van der Waals surface area (Å²) >= 11 is 3.06. The number of sulfonamides is 1. The molecule has 0 unspecified atom stereocenters. The zero-order chi connectivity index (χ0) is 10.8. The Kier molecular flexibility index (Phi) is 3.49. The molecule has 0 fully saturated rings. The van der Waals surface area contributed by atoms with Crippen LogP contribution in [0.3, 0.4) is 0 Å². The number of rotatable bonds is 3. The highest BCUT2D eigenvalue weighted by molar-refractivity contribution is 9.10. The summed E-state index contributed by atoms with van der Waals surface area (Å²) in [7, 11) is -3.31. The first-order valence-corrected chi connectivity index (χ1v) is 6.34. The number of anilines is 1. The van der Waals surface area contributed by atoms with E-state index in [1.807, 2.05) is 0 Å². The van der Waals surface area contributed by atoms with Crippen molar-refractivity contribution in [3.8, 4) is 0 Å². The number of halogens is 2. The summed E-state index contributed by atoms with van der Waals surface area (Å²) in [6.45, 7) is 1.53. The molecule has 0 aliphatic rings. The highest BCUT2D eigenvalue weighted by atomic mass is 79.9. The molecule has 0 aliphatic carbocycles.